The van der Waals surface area contributed by atoms with Gasteiger partial charge in [-0.15, -0.1) is 0 Å². The molecule has 1 aliphatic carbocycles. The fraction of sp³-hybridized carbons (Fsp3) is 0.417. The number of sulfonamides is 1. The van der Waals surface area contributed by atoms with Crippen molar-refractivity contribution < 1.29 is 21.6 Å². The summed E-state index contributed by atoms with van der Waals surface area (Å²) in [5, 5.41) is 7.76. The lowest BCUT2D eigenvalue weighted by molar-refractivity contribution is 0.0935. The summed E-state index contributed by atoms with van der Waals surface area (Å²) in [5.74, 6) is -0.523. The second-order valence-corrected chi connectivity index (χ2v) is 9.10. The van der Waals surface area contributed by atoms with E-state index in [2.05, 4.69) is 5.32 Å². The van der Waals surface area contributed by atoms with Gasteiger partial charge in [-0.05, 0) is 38.0 Å². The number of benzene rings is 1. The van der Waals surface area contributed by atoms with Gasteiger partial charge in [-0.25, -0.2) is 22.0 Å². The predicted octanol–water partition coefficient (Wildman–Crippen LogP) is 0.0198. The Labute approximate surface area is 123 Å². The quantitative estimate of drug-likeness (QED) is 0.804. The van der Waals surface area contributed by atoms with Crippen molar-refractivity contribution in [2.24, 2.45) is 5.14 Å². The molecule has 21 heavy (non-hydrogen) atoms. The van der Waals surface area contributed by atoms with Crippen LogP contribution >= 0.6 is 0 Å². The third-order valence-electron chi connectivity index (χ3n) is 3.31. The standard InChI is InChI=1S/C12H16N2O5S2/c1-12(3-4-12)14-11(15)8-5-9(20(2,16)17)7-10(6-8)21(13,18)19/h5-7H,3-4H2,1-2H3,(H,14,15)(H2,13,18,19). The molecule has 0 spiro atoms. The number of carbonyl (C=O) groups is 1. The van der Waals surface area contributed by atoms with Gasteiger partial charge in [0, 0.05) is 17.4 Å². The minimum absolute atomic E-state index is 0.0462. The molecule has 1 fully saturated rings. The van der Waals surface area contributed by atoms with Gasteiger partial charge in [0.25, 0.3) is 5.91 Å². The van der Waals surface area contributed by atoms with Crippen LogP contribution < -0.4 is 10.5 Å². The molecule has 1 aliphatic rings. The second-order valence-electron chi connectivity index (χ2n) is 5.53. The van der Waals surface area contributed by atoms with E-state index in [4.69, 9.17) is 5.14 Å². The maximum absolute atomic E-state index is 12.1. The molecule has 1 saturated carbocycles. The number of carbonyl (C=O) groups excluding carboxylic acids is 1. The Morgan fingerprint density at radius 2 is 1.67 bits per heavy atom. The maximum atomic E-state index is 12.1. The zero-order chi connectivity index (χ0) is 16.1. The molecular formula is C12H16N2O5S2. The molecule has 0 atom stereocenters. The van der Waals surface area contributed by atoms with Gasteiger partial charge in [-0.3, -0.25) is 4.79 Å². The number of hydrogen-bond acceptors (Lipinski definition) is 5. The molecule has 1 aromatic rings. The van der Waals surface area contributed by atoms with Crippen molar-refractivity contribution in [2.45, 2.75) is 35.1 Å². The second kappa shape index (κ2) is 4.79. The highest BCUT2D eigenvalue weighted by molar-refractivity contribution is 7.91. The van der Waals surface area contributed by atoms with Gasteiger partial charge in [0.2, 0.25) is 10.0 Å². The molecule has 0 radical (unpaired) electrons. The molecule has 9 heteroatoms. The number of nitrogens with two attached hydrogens (primary N) is 1. The van der Waals surface area contributed by atoms with Crippen molar-refractivity contribution >= 4 is 25.8 Å². The van der Waals surface area contributed by atoms with E-state index < -0.39 is 30.7 Å². The SMILES string of the molecule is CC1(NC(=O)c2cc(S(C)(=O)=O)cc(S(N)(=O)=O)c2)CC1. The molecule has 116 valence electrons. The van der Waals surface area contributed by atoms with Crippen molar-refractivity contribution in [2.75, 3.05) is 6.26 Å². The Balaban J connectivity index is 2.52. The van der Waals surface area contributed by atoms with Crippen LogP contribution in [0.5, 0.6) is 0 Å². The summed E-state index contributed by atoms with van der Waals surface area (Å²) in [5.41, 5.74) is -0.352. The van der Waals surface area contributed by atoms with Crippen LogP contribution in [0.4, 0.5) is 0 Å². The van der Waals surface area contributed by atoms with Gasteiger partial charge in [-0.1, -0.05) is 0 Å². The Hall–Kier alpha value is -1.45. The summed E-state index contributed by atoms with van der Waals surface area (Å²) in [4.78, 5) is 11.4. The third-order valence-corrected chi connectivity index (χ3v) is 5.30. The number of primary sulfonamides is 1. The molecule has 0 aliphatic heterocycles. The first-order valence-corrected chi connectivity index (χ1v) is 9.55. The molecule has 0 aromatic heterocycles. The lowest BCUT2D eigenvalue weighted by Gasteiger charge is -2.13. The highest BCUT2D eigenvalue weighted by atomic mass is 32.2. The van der Waals surface area contributed by atoms with Crippen LogP contribution in [0.15, 0.2) is 28.0 Å². The maximum Gasteiger partial charge on any atom is 0.251 e. The summed E-state index contributed by atoms with van der Waals surface area (Å²) >= 11 is 0. The molecule has 2 rings (SSSR count). The molecule has 7 nitrogen and oxygen atoms in total. The highest BCUT2D eigenvalue weighted by Crippen LogP contribution is 2.34. The van der Waals surface area contributed by atoms with Crippen LogP contribution in [0.2, 0.25) is 0 Å². The Bertz CT molecular complexity index is 758. The van der Waals surface area contributed by atoms with E-state index >= 15 is 0 Å². The van der Waals surface area contributed by atoms with E-state index in [1.54, 1.807) is 0 Å². The topological polar surface area (TPSA) is 123 Å². The molecule has 3 N–H and O–H groups in total. The normalized spacial score (nSPS) is 17.3. The molecular weight excluding hydrogens is 316 g/mol. The van der Waals surface area contributed by atoms with Gasteiger partial charge in [-0.2, -0.15) is 0 Å². The average Bonchev–Trinajstić information content (AvgIpc) is 3.04. The Kier molecular flexibility index (Phi) is 3.63. The zero-order valence-electron chi connectivity index (χ0n) is 11.6. The van der Waals surface area contributed by atoms with Crippen LogP contribution in [0.3, 0.4) is 0 Å². The van der Waals surface area contributed by atoms with E-state index in [0.29, 0.717) is 0 Å². The van der Waals surface area contributed by atoms with E-state index in [1.807, 2.05) is 6.92 Å². The van der Waals surface area contributed by atoms with E-state index in [-0.39, 0.29) is 16.0 Å². The Morgan fingerprint density at radius 3 is 2.10 bits per heavy atom. The molecule has 0 bridgehead atoms. The summed E-state index contributed by atoms with van der Waals surface area (Å²) < 4.78 is 46.1. The summed E-state index contributed by atoms with van der Waals surface area (Å²) in [6.07, 6.45) is 2.58. The van der Waals surface area contributed by atoms with E-state index in [9.17, 15) is 21.6 Å². The minimum Gasteiger partial charge on any atom is -0.347 e. The monoisotopic (exact) mass is 332 g/mol. The smallest absolute Gasteiger partial charge is 0.251 e. The number of hydrogen-bond donors (Lipinski definition) is 2. The van der Waals surface area contributed by atoms with Crippen LogP contribution in [0, 0.1) is 0 Å². The lowest BCUT2D eigenvalue weighted by atomic mass is 10.2. The van der Waals surface area contributed by atoms with Crippen LogP contribution in [0.25, 0.3) is 0 Å². The first kappa shape index (κ1) is 15.9. The van der Waals surface area contributed by atoms with E-state index in [0.717, 1.165) is 37.3 Å². The zero-order valence-corrected chi connectivity index (χ0v) is 13.2. The van der Waals surface area contributed by atoms with Gasteiger partial charge < -0.3 is 5.32 Å². The third kappa shape index (κ3) is 3.80. The minimum atomic E-state index is -4.11. The lowest BCUT2D eigenvalue weighted by Crippen LogP contribution is -2.34. The molecule has 0 saturated heterocycles. The first-order valence-electron chi connectivity index (χ1n) is 6.11. The van der Waals surface area contributed by atoms with Crippen LogP contribution in [0.1, 0.15) is 30.1 Å². The number of nitrogens with one attached hydrogen (secondary N) is 1. The first-order chi connectivity index (χ1) is 9.41. The number of sulfone groups is 1. The van der Waals surface area contributed by atoms with Gasteiger partial charge >= 0.3 is 0 Å². The van der Waals surface area contributed by atoms with Gasteiger partial charge in [0.05, 0.1) is 9.79 Å². The van der Waals surface area contributed by atoms with Crippen molar-refractivity contribution in [3.63, 3.8) is 0 Å². The molecule has 0 unspecified atom stereocenters. The molecule has 1 aromatic carbocycles. The average molecular weight is 332 g/mol. The number of amides is 1. The number of rotatable bonds is 4. The molecule has 1 amide bonds. The van der Waals surface area contributed by atoms with Crippen LogP contribution in [-0.4, -0.2) is 34.5 Å². The Morgan fingerprint density at radius 1 is 1.14 bits per heavy atom. The summed E-state index contributed by atoms with van der Waals surface area (Å²) in [7, 11) is -7.78. The summed E-state index contributed by atoms with van der Waals surface area (Å²) in [6.45, 7) is 1.85. The largest absolute Gasteiger partial charge is 0.347 e. The highest BCUT2D eigenvalue weighted by Gasteiger charge is 2.39. The van der Waals surface area contributed by atoms with Gasteiger partial charge in [0.15, 0.2) is 9.84 Å². The van der Waals surface area contributed by atoms with Crippen molar-refractivity contribution in [1.29, 1.82) is 0 Å². The van der Waals surface area contributed by atoms with Crippen molar-refractivity contribution in [3.05, 3.63) is 23.8 Å². The van der Waals surface area contributed by atoms with Crippen molar-refractivity contribution in [3.8, 4) is 0 Å². The fourth-order valence-corrected chi connectivity index (χ4v) is 3.08. The van der Waals surface area contributed by atoms with Crippen LogP contribution in [-0.2, 0) is 19.9 Å². The summed E-state index contributed by atoms with van der Waals surface area (Å²) in [6, 6.07) is 3.16. The van der Waals surface area contributed by atoms with Crippen molar-refractivity contribution in [1.82, 2.24) is 5.32 Å². The van der Waals surface area contributed by atoms with E-state index in [1.165, 1.54) is 0 Å². The predicted molar refractivity (Wildman–Crippen MR) is 76.0 cm³/mol. The molecule has 0 heterocycles. The fourth-order valence-electron chi connectivity index (χ4n) is 1.74. The van der Waals surface area contributed by atoms with Gasteiger partial charge in [0.1, 0.15) is 0 Å².